The van der Waals surface area contributed by atoms with Crippen LogP contribution in [0.3, 0.4) is 0 Å². The van der Waals surface area contributed by atoms with E-state index >= 15 is 0 Å². The molecule has 2 nitrogen and oxygen atoms in total. The van der Waals surface area contributed by atoms with Crippen LogP contribution in [0.25, 0.3) is 0 Å². The van der Waals surface area contributed by atoms with Crippen LogP contribution in [0, 0.1) is 17.4 Å². The standard InChI is InChI=1S/C16H25IN2/c1-12(2)19-7-5-18(6-8-19)11-15-9-14(4)16(17)10-13(15)3/h9-10,12H,5-8,11H2,1-4H3. The smallest absolute Gasteiger partial charge is 0.0237 e. The maximum absolute atomic E-state index is 2.59. The minimum Gasteiger partial charge on any atom is -0.298 e. The molecule has 3 heteroatoms. The molecule has 0 saturated carbocycles. The molecule has 0 unspecified atom stereocenters. The lowest BCUT2D eigenvalue weighted by Gasteiger charge is -2.37. The third kappa shape index (κ3) is 3.92. The number of halogens is 1. The highest BCUT2D eigenvalue weighted by atomic mass is 127. The normalized spacial score (nSPS) is 18.2. The van der Waals surface area contributed by atoms with Crippen molar-refractivity contribution in [3.63, 3.8) is 0 Å². The molecule has 0 amide bonds. The zero-order chi connectivity index (χ0) is 14.0. The summed E-state index contributed by atoms with van der Waals surface area (Å²) in [5, 5.41) is 0. The summed E-state index contributed by atoms with van der Waals surface area (Å²) in [4.78, 5) is 5.16. The van der Waals surface area contributed by atoms with Crippen molar-refractivity contribution in [2.45, 2.75) is 40.3 Å². The zero-order valence-corrected chi connectivity index (χ0v) is 14.7. The molecular formula is C16H25IN2. The van der Waals surface area contributed by atoms with Crippen LogP contribution >= 0.6 is 22.6 Å². The lowest BCUT2D eigenvalue weighted by molar-refractivity contribution is 0.104. The van der Waals surface area contributed by atoms with Gasteiger partial charge < -0.3 is 0 Å². The molecule has 19 heavy (non-hydrogen) atoms. The highest BCUT2D eigenvalue weighted by molar-refractivity contribution is 14.1. The van der Waals surface area contributed by atoms with Crippen molar-refractivity contribution in [3.05, 3.63) is 32.4 Å². The van der Waals surface area contributed by atoms with Crippen molar-refractivity contribution in [3.8, 4) is 0 Å². The van der Waals surface area contributed by atoms with Crippen LogP contribution in [0.2, 0.25) is 0 Å². The minimum absolute atomic E-state index is 0.685. The predicted octanol–water partition coefficient (Wildman–Crippen LogP) is 3.43. The van der Waals surface area contributed by atoms with Gasteiger partial charge in [0.2, 0.25) is 0 Å². The number of nitrogens with zero attached hydrogens (tertiary/aromatic N) is 2. The third-order valence-electron chi connectivity index (χ3n) is 4.15. The van der Waals surface area contributed by atoms with Gasteiger partial charge in [-0.3, -0.25) is 9.80 Å². The molecule has 1 saturated heterocycles. The summed E-state index contributed by atoms with van der Waals surface area (Å²) in [5.74, 6) is 0. The maximum Gasteiger partial charge on any atom is 0.0237 e. The van der Waals surface area contributed by atoms with E-state index in [0.29, 0.717) is 6.04 Å². The Hall–Kier alpha value is -0.130. The number of piperazine rings is 1. The average molecular weight is 372 g/mol. The lowest BCUT2D eigenvalue weighted by Crippen LogP contribution is -2.48. The molecule has 0 N–H and O–H groups in total. The van der Waals surface area contributed by atoms with Gasteiger partial charge >= 0.3 is 0 Å². The summed E-state index contributed by atoms with van der Waals surface area (Å²) in [7, 11) is 0. The van der Waals surface area contributed by atoms with E-state index in [1.54, 1.807) is 0 Å². The highest BCUT2D eigenvalue weighted by Crippen LogP contribution is 2.20. The summed E-state index contributed by atoms with van der Waals surface area (Å²) in [6, 6.07) is 5.37. The second-order valence-electron chi connectivity index (χ2n) is 5.93. The fourth-order valence-corrected chi connectivity index (χ4v) is 3.31. The Labute approximate surface area is 131 Å². The number of aryl methyl sites for hydroxylation is 2. The van der Waals surface area contributed by atoms with E-state index < -0.39 is 0 Å². The molecule has 1 fully saturated rings. The van der Waals surface area contributed by atoms with Crippen LogP contribution in [-0.4, -0.2) is 42.0 Å². The number of hydrogen-bond donors (Lipinski definition) is 0. The van der Waals surface area contributed by atoms with Crippen molar-refractivity contribution >= 4 is 22.6 Å². The van der Waals surface area contributed by atoms with Gasteiger partial charge in [0, 0.05) is 42.3 Å². The third-order valence-corrected chi connectivity index (χ3v) is 5.31. The van der Waals surface area contributed by atoms with E-state index in [1.165, 1.54) is 46.4 Å². The molecule has 1 aliphatic heterocycles. The van der Waals surface area contributed by atoms with Crippen LogP contribution in [0.4, 0.5) is 0 Å². The van der Waals surface area contributed by atoms with Crippen molar-refractivity contribution in [2.75, 3.05) is 26.2 Å². The molecule has 106 valence electrons. The molecule has 2 rings (SSSR count). The molecule has 0 atom stereocenters. The van der Waals surface area contributed by atoms with E-state index in [0.717, 1.165) is 6.54 Å². The van der Waals surface area contributed by atoms with Gasteiger partial charge in [-0.15, -0.1) is 0 Å². The van der Waals surface area contributed by atoms with Crippen LogP contribution < -0.4 is 0 Å². The molecule has 1 aromatic rings. The molecule has 1 heterocycles. The van der Waals surface area contributed by atoms with Gasteiger partial charge in [0.25, 0.3) is 0 Å². The molecule has 0 radical (unpaired) electrons. The Morgan fingerprint density at radius 1 is 1.05 bits per heavy atom. The van der Waals surface area contributed by atoms with Crippen LogP contribution in [0.5, 0.6) is 0 Å². The Bertz CT molecular complexity index is 435. The van der Waals surface area contributed by atoms with Gasteiger partial charge in [0.15, 0.2) is 0 Å². The summed E-state index contributed by atoms with van der Waals surface area (Å²) in [6.45, 7) is 15.0. The maximum atomic E-state index is 2.59. The quantitative estimate of drug-likeness (QED) is 0.751. The molecule has 0 spiro atoms. The molecule has 0 aliphatic carbocycles. The van der Waals surface area contributed by atoms with Gasteiger partial charge in [0.1, 0.15) is 0 Å². The Kier molecular flexibility index (Phi) is 5.26. The fraction of sp³-hybridized carbons (Fsp3) is 0.625. The monoisotopic (exact) mass is 372 g/mol. The molecule has 1 aliphatic rings. The largest absolute Gasteiger partial charge is 0.298 e. The number of rotatable bonds is 3. The van der Waals surface area contributed by atoms with Gasteiger partial charge in [0.05, 0.1) is 0 Å². The molecular weight excluding hydrogens is 347 g/mol. The number of hydrogen-bond acceptors (Lipinski definition) is 2. The molecule has 0 aromatic heterocycles. The van der Waals surface area contributed by atoms with Crippen LogP contribution in [0.15, 0.2) is 12.1 Å². The summed E-state index contributed by atoms with van der Waals surface area (Å²) in [5.41, 5.74) is 4.33. The Morgan fingerprint density at radius 3 is 2.26 bits per heavy atom. The van der Waals surface area contributed by atoms with E-state index in [-0.39, 0.29) is 0 Å². The van der Waals surface area contributed by atoms with Gasteiger partial charge in [-0.25, -0.2) is 0 Å². The van der Waals surface area contributed by atoms with E-state index in [9.17, 15) is 0 Å². The van der Waals surface area contributed by atoms with Gasteiger partial charge in [-0.2, -0.15) is 0 Å². The first-order chi connectivity index (χ1) is 8.97. The first kappa shape index (κ1) is 15.3. The predicted molar refractivity (Wildman–Crippen MR) is 90.6 cm³/mol. The SMILES string of the molecule is Cc1cc(CN2CCN(C(C)C)CC2)c(C)cc1I. The second-order valence-corrected chi connectivity index (χ2v) is 7.10. The first-order valence-corrected chi connectivity index (χ1v) is 8.27. The van der Waals surface area contributed by atoms with Crippen molar-refractivity contribution in [2.24, 2.45) is 0 Å². The van der Waals surface area contributed by atoms with Crippen molar-refractivity contribution in [1.29, 1.82) is 0 Å². The zero-order valence-electron chi connectivity index (χ0n) is 12.5. The van der Waals surface area contributed by atoms with E-state index in [1.807, 2.05) is 0 Å². The van der Waals surface area contributed by atoms with E-state index in [2.05, 4.69) is 72.2 Å². The molecule has 0 bridgehead atoms. The molecule has 1 aromatic carbocycles. The van der Waals surface area contributed by atoms with Crippen LogP contribution in [0.1, 0.15) is 30.5 Å². The fourth-order valence-electron chi connectivity index (χ4n) is 2.69. The lowest BCUT2D eigenvalue weighted by atomic mass is 10.0. The van der Waals surface area contributed by atoms with Crippen molar-refractivity contribution in [1.82, 2.24) is 9.80 Å². The van der Waals surface area contributed by atoms with Crippen LogP contribution in [-0.2, 0) is 6.54 Å². The topological polar surface area (TPSA) is 6.48 Å². The van der Waals surface area contributed by atoms with E-state index in [4.69, 9.17) is 0 Å². The Morgan fingerprint density at radius 2 is 1.68 bits per heavy atom. The summed E-state index contributed by atoms with van der Waals surface area (Å²) >= 11 is 2.43. The first-order valence-electron chi connectivity index (χ1n) is 7.19. The number of benzene rings is 1. The second kappa shape index (κ2) is 6.55. The average Bonchev–Trinajstić information content (AvgIpc) is 2.36. The highest BCUT2D eigenvalue weighted by Gasteiger charge is 2.19. The Balaban J connectivity index is 1.98. The minimum atomic E-state index is 0.685. The van der Waals surface area contributed by atoms with Crippen molar-refractivity contribution < 1.29 is 0 Å². The van der Waals surface area contributed by atoms with Gasteiger partial charge in [-0.05, 0) is 73.0 Å². The summed E-state index contributed by atoms with van der Waals surface area (Å²) < 4.78 is 1.38. The van der Waals surface area contributed by atoms with Gasteiger partial charge in [-0.1, -0.05) is 6.07 Å². The summed E-state index contributed by atoms with van der Waals surface area (Å²) in [6.07, 6.45) is 0.